The maximum Gasteiger partial charge on any atom is 0.227 e. The van der Waals surface area contributed by atoms with Gasteiger partial charge in [-0.3, -0.25) is 0 Å². The molecule has 0 radical (unpaired) electrons. The van der Waals surface area contributed by atoms with E-state index in [1.165, 1.54) is 22.3 Å². The van der Waals surface area contributed by atoms with Gasteiger partial charge in [-0.1, -0.05) is 54.6 Å². The molecule has 7 rings (SSSR count). The smallest absolute Gasteiger partial charge is 0.227 e. The topological polar surface area (TPSA) is 52.1 Å². The van der Waals surface area contributed by atoms with Crippen molar-refractivity contribution >= 4 is 33.2 Å². The van der Waals surface area contributed by atoms with Crippen molar-refractivity contribution in [1.82, 2.24) is 9.97 Å². The summed E-state index contributed by atoms with van der Waals surface area (Å²) in [6.07, 6.45) is 0. The van der Waals surface area contributed by atoms with Crippen LogP contribution in [-0.2, 0) is 0 Å². The van der Waals surface area contributed by atoms with Gasteiger partial charge >= 0.3 is 0 Å². The lowest BCUT2D eigenvalue weighted by molar-refractivity contribution is 0.631. The van der Waals surface area contributed by atoms with Crippen LogP contribution in [0.5, 0.6) is 0 Å². The fourth-order valence-electron chi connectivity index (χ4n) is 5.26. The second-order valence-electron chi connectivity index (χ2n) is 9.62. The number of aromatic nitrogens is 2. The second kappa shape index (κ2) is 8.17. The normalized spacial score (nSPS) is 11.6. The monoisotopic (exact) mass is 480 g/mol. The third-order valence-electron chi connectivity index (χ3n) is 7.09. The van der Waals surface area contributed by atoms with E-state index >= 15 is 0 Å². The summed E-state index contributed by atoms with van der Waals surface area (Å²) in [6.45, 7) is 6.28. The first-order valence-electron chi connectivity index (χ1n) is 12.4. The molecule has 0 atom stereocenters. The average molecular weight is 481 g/mol. The van der Waals surface area contributed by atoms with Crippen LogP contribution >= 0.6 is 0 Å². The fraction of sp³-hybridized carbons (Fsp3) is 0.0909. The van der Waals surface area contributed by atoms with Crippen LogP contribution in [0.2, 0.25) is 0 Å². The molecule has 0 aliphatic rings. The molecule has 0 saturated carbocycles. The van der Waals surface area contributed by atoms with Crippen LogP contribution in [-0.4, -0.2) is 9.97 Å². The highest BCUT2D eigenvalue weighted by molar-refractivity contribution is 6.08. The Morgan fingerprint density at radius 3 is 2.19 bits per heavy atom. The van der Waals surface area contributed by atoms with E-state index in [1.54, 1.807) is 0 Å². The number of rotatable bonds is 3. The molecule has 3 aromatic carbocycles. The third kappa shape index (κ3) is 3.53. The number of aryl methyl sites for hydroxylation is 3. The Balaban J connectivity index is 1.28. The first-order chi connectivity index (χ1) is 18.0. The molecular formula is C33H24N2O2. The van der Waals surface area contributed by atoms with Crippen molar-refractivity contribution in [3.8, 4) is 33.7 Å². The minimum absolute atomic E-state index is 0.651. The molecule has 0 unspecified atom stereocenters. The largest absolute Gasteiger partial charge is 0.454 e. The van der Waals surface area contributed by atoms with Crippen molar-refractivity contribution in [3.63, 3.8) is 0 Å². The quantitative estimate of drug-likeness (QED) is 0.253. The van der Waals surface area contributed by atoms with Crippen molar-refractivity contribution in [2.75, 3.05) is 0 Å². The number of pyridine rings is 2. The molecule has 0 saturated heterocycles. The van der Waals surface area contributed by atoms with Crippen LogP contribution in [0.25, 0.3) is 66.9 Å². The fourth-order valence-corrected chi connectivity index (χ4v) is 5.26. The summed E-state index contributed by atoms with van der Waals surface area (Å²) < 4.78 is 12.4. The van der Waals surface area contributed by atoms with E-state index in [2.05, 4.69) is 73.4 Å². The van der Waals surface area contributed by atoms with Gasteiger partial charge in [0.25, 0.3) is 0 Å². The van der Waals surface area contributed by atoms with Gasteiger partial charge in [0.15, 0.2) is 5.58 Å². The van der Waals surface area contributed by atoms with Gasteiger partial charge in [0.05, 0.1) is 5.69 Å². The number of para-hydroxylation sites is 1. The molecule has 7 aromatic rings. The molecule has 0 bridgehead atoms. The van der Waals surface area contributed by atoms with E-state index in [1.807, 2.05) is 43.3 Å². The molecule has 0 N–H and O–H groups in total. The molecule has 0 amide bonds. The number of nitrogens with zero attached hydrogens (tertiary/aromatic N) is 2. The number of benzene rings is 3. The van der Waals surface area contributed by atoms with Gasteiger partial charge in [0, 0.05) is 33.7 Å². The van der Waals surface area contributed by atoms with Gasteiger partial charge < -0.3 is 8.83 Å². The number of hydrogen-bond acceptors (Lipinski definition) is 4. The zero-order valence-electron chi connectivity index (χ0n) is 20.9. The minimum Gasteiger partial charge on any atom is -0.454 e. The molecule has 0 aliphatic carbocycles. The summed E-state index contributed by atoms with van der Waals surface area (Å²) in [7, 11) is 0. The van der Waals surface area contributed by atoms with Crippen LogP contribution in [0.3, 0.4) is 0 Å². The van der Waals surface area contributed by atoms with Crippen LogP contribution in [0.15, 0.2) is 99.8 Å². The first kappa shape index (κ1) is 21.6. The van der Waals surface area contributed by atoms with Crippen molar-refractivity contribution < 1.29 is 8.83 Å². The number of hydrogen-bond donors (Lipinski definition) is 0. The molecule has 0 fully saturated rings. The van der Waals surface area contributed by atoms with Crippen LogP contribution in [0.1, 0.15) is 16.8 Å². The van der Waals surface area contributed by atoms with Gasteiger partial charge in [-0.05, 0) is 73.4 Å². The average Bonchev–Trinajstić information content (AvgIpc) is 3.49. The number of furan rings is 2. The Morgan fingerprint density at radius 2 is 1.38 bits per heavy atom. The van der Waals surface area contributed by atoms with Gasteiger partial charge in [0.1, 0.15) is 16.9 Å². The van der Waals surface area contributed by atoms with Gasteiger partial charge in [-0.2, -0.15) is 0 Å². The highest BCUT2D eigenvalue weighted by atomic mass is 16.3. The standard InChI is InChI=1S/C33H24N2O2/c1-19-6-4-7-20(2)31(19)23-13-11-22(12-14-23)30-18-28-29(36-30)17-16-27(35-28)26-9-5-8-24-25-15-10-21(3)34-33(25)37-32(24)26/h4-18H,1-3H3. The van der Waals surface area contributed by atoms with Crippen LogP contribution in [0, 0.1) is 20.8 Å². The molecule has 4 nitrogen and oxygen atoms in total. The lowest BCUT2D eigenvalue weighted by Gasteiger charge is -2.10. The Labute approximate surface area is 214 Å². The Hall–Kier alpha value is -4.70. The van der Waals surface area contributed by atoms with Crippen molar-refractivity contribution in [2.45, 2.75) is 20.8 Å². The summed E-state index contributed by atoms with van der Waals surface area (Å²) >= 11 is 0. The highest BCUT2D eigenvalue weighted by Crippen LogP contribution is 2.36. The number of fused-ring (bicyclic) bond motifs is 4. The molecule has 4 heterocycles. The molecule has 178 valence electrons. The Kier molecular flexibility index (Phi) is 4.76. The van der Waals surface area contributed by atoms with E-state index in [9.17, 15) is 0 Å². The van der Waals surface area contributed by atoms with Gasteiger partial charge in [-0.25, -0.2) is 9.97 Å². The zero-order valence-corrected chi connectivity index (χ0v) is 20.9. The SMILES string of the molecule is Cc1ccc2c(n1)oc1c(-c3ccc4oc(-c5ccc(-c6c(C)cccc6C)cc5)cc4n3)cccc12. The molecule has 0 spiro atoms. The van der Waals surface area contributed by atoms with E-state index in [0.29, 0.717) is 5.71 Å². The third-order valence-corrected chi connectivity index (χ3v) is 7.09. The summed E-state index contributed by atoms with van der Waals surface area (Å²) in [4.78, 5) is 9.51. The van der Waals surface area contributed by atoms with Crippen LogP contribution < -0.4 is 0 Å². The second-order valence-corrected chi connectivity index (χ2v) is 9.62. The first-order valence-corrected chi connectivity index (χ1v) is 12.4. The lowest BCUT2D eigenvalue weighted by Crippen LogP contribution is -1.87. The van der Waals surface area contributed by atoms with E-state index in [-0.39, 0.29) is 0 Å². The van der Waals surface area contributed by atoms with Crippen molar-refractivity contribution in [3.05, 3.63) is 108 Å². The Bertz CT molecular complexity index is 1940. The van der Waals surface area contributed by atoms with E-state index < -0.39 is 0 Å². The Morgan fingerprint density at radius 1 is 0.622 bits per heavy atom. The zero-order chi connectivity index (χ0) is 25.1. The van der Waals surface area contributed by atoms with Gasteiger partial charge in [-0.15, -0.1) is 0 Å². The lowest BCUT2D eigenvalue weighted by atomic mass is 9.95. The van der Waals surface area contributed by atoms with E-state index in [4.69, 9.17) is 13.8 Å². The molecule has 0 aliphatic heterocycles. The molecular weight excluding hydrogens is 456 g/mol. The molecule has 4 aromatic heterocycles. The van der Waals surface area contributed by atoms with Crippen LogP contribution in [0.4, 0.5) is 0 Å². The molecule has 4 heteroatoms. The van der Waals surface area contributed by atoms with Crippen molar-refractivity contribution in [1.29, 1.82) is 0 Å². The summed E-state index contributed by atoms with van der Waals surface area (Å²) in [5.41, 5.74) is 11.8. The maximum absolute atomic E-state index is 6.20. The predicted molar refractivity (Wildman–Crippen MR) is 150 cm³/mol. The summed E-state index contributed by atoms with van der Waals surface area (Å²) in [5.74, 6) is 0.800. The van der Waals surface area contributed by atoms with Crippen molar-refractivity contribution in [2.24, 2.45) is 0 Å². The molecule has 37 heavy (non-hydrogen) atoms. The predicted octanol–water partition coefficient (Wildman–Crippen LogP) is 9.05. The summed E-state index contributed by atoms with van der Waals surface area (Å²) in [6, 6.07) is 31.2. The van der Waals surface area contributed by atoms with Gasteiger partial charge in [0.2, 0.25) is 5.71 Å². The summed E-state index contributed by atoms with van der Waals surface area (Å²) in [5, 5.41) is 2.05. The highest BCUT2D eigenvalue weighted by Gasteiger charge is 2.16. The maximum atomic E-state index is 6.20. The van der Waals surface area contributed by atoms with E-state index in [0.717, 1.165) is 55.7 Å². The minimum atomic E-state index is 0.651.